The maximum Gasteiger partial charge on any atom is 0.410 e. The van der Waals surface area contributed by atoms with E-state index in [4.69, 9.17) is 4.74 Å². The quantitative estimate of drug-likeness (QED) is 0.588. The van der Waals surface area contributed by atoms with Crippen LogP contribution in [-0.2, 0) is 4.74 Å². The molecular formula is C10H20N2O2. The summed E-state index contributed by atoms with van der Waals surface area (Å²) in [5.74, 6) is 0. The Hall–Kier alpha value is -0.770. The molecule has 4 nitrogen and oxygen atoms in total. The molecular weight excluding hydrogens is 180 g/mol. The number of hydrogen-bond donors (Lipinski definition) is 0. The van der Waals surface area contributed by atoms with E-state index in [9.17, 15) is 4.79 Å². The van der Waals surface area contributed by atoms with Crippen LogP contribution in [0.5, 0.6) is 0 Å². The molecule has 0 aromatic rings. The van der Waals surface area contributed by atoms with Gasteiger partial charge < -0.3 is 14.5 Å². The molecule has 2 rings (SSSR count). The second kappa shape index (κ2) is 5.20. The first-order chi connectivity index (χ1) is 6.77. The van der Waals surface area contributed by atoms with Crippen molar-refractivity contribution in [3.63, 3.8) is 0 Å². The average molecular weight is 200 g/mol. The predicted octanol–water partition coefficient (Wildman–Crippen LogP) is 1.17. The second-order valence-electron chi connectivity index (χ2n) is 3.51. The highest BCUT2D eigenvalue weighted by molar-refractivity contribution is 5.69. The highest BCUT2D eigenvalue weighted by Crippen LogP contribution is 2.17. The maximum atomic E-state index is 11.2. The van der Waals surface area contributed by atoms with Crippen LogP contribution in [0.2, 0.25) is 0 Å². The SMILES string of the molecule is CC.CN1CCN2C(=O)OCCC2C1. The van der Waals surface area contributed by atoms with Crippen molar-refractivity contribution in [3.05, 3.63) is 0 Å². The molecule has 2 saturated heterocycles. The van der Waals surface area contributed by atoms with Crippen LogP contribution in [0.1, 0.15) is 20.3 Å². The van der Waals surface area contributed by atoms with Gasteiger partial charge in [0.1, 0.15) is 0 Å². The summed E-state index contributed by atoms with van der Waals surface area (Å²) in [7, 11) is 2.09. The van der Waals surface area contributed by atoms with Crippen LogP contribution in [0, 0.1) is 0 Å². The molecule has 4 heteroatoms. The van der Waals surface area contributed by atoms with Gasteiger partial charge in [-0.1, -0.05) is 13.8 Å². The minimum atomic E-state index is -0.126. The standard InChI is InChI=1S/C8H14N2O2.C2H6/c1-9-3-4-10-7(6-9)2-5-12-8(10)11;1-2/h7H,2-6H2,1H3;1-2H3. The molecule has 0 spiro atoms. The van der Waals surface area contributed by atoms with Crippen molar-refractivity contribution >= 4 is 6.09 Å². The van der Waals surface area contributed by atoms with Crippen molar-refractivity contribution in [2.24, 2.45) is 0 Å². The lowest BCUT2D eigenvalue weighted by atomic mass is 10.1. The number of cyclic esters (lactones) is 1. The zero-order chi connectivity index (χ0) is 10.6. The fraction of sp³-hybridized carbons (Fsp3) is 0.900. The lowest BCUT2D eigenvalue weighted by Gasteiger charge is -2.41. The molecule has 2 heterocycles. The molecule has 1 amide bonds. The minimum absolute atomic E-state index is 0.126. The van der Waals surface area contributed by atoms with E-state index in [1.807, 2.05) is 18.7 Å². The van der Waals surface area contributed by atoms with Crippen LogP contribution in [0.4, 0.5) is 4.79 Å². The average Bonchev–Trinajstić information content (AvgIpc) is 2.21. The van der Waals surface area contributed by atoms with Gasteiger partial charge in [0.25, 0.3) is 0 Å². The third-order valence-corrected chi connectivity index (χ3v) is 2.60. The monoisotopic (exact) mass is 200 g/mol. The van der Waals surface area contributed by atoms with Crippen molar-refractivity contribution in [3.8, 4) is 0 Å². The number of amides is 1. The number of rotatable bonds is 0. The summed E-state index contributed by atoms with van der Waals surface area (Å²) < 4.78 is 4.95. The van der Waals surface area contributed by atoms with Crippen molar-refractivity contribution in [1.82, 2.24) is 9.80 Å². The van der Waals surface area contributed by atoms with E-state index in [1.54, 1.807) is 0 Å². The molecule has 1 atom stereocenters. The Labute approximate surface area is 85.8 Å². The highest BCUT2D eigenvalue weighted by atomic mass is 16.6. The molecule has 2 aliphatic rings. The van der Waals surface area contributed by atoms with Gasteiger partial charge in [0, 0.05) is 26.1 Å². The highest BCUT2D eigenvalue weighted by Gasteiger charge is 2.33. The zero-order valence-electron chi connectivity index (χ0n) is 9.32. The molecule has 0 aromatic heterocycles. The van der Waals surface area contributed by atoms with E-state index < -0.39 is 0 Å². The van der Waals surface area contributed by atoms with E-state index in [2.05, 4.69) is 11.9 Å². The Balaban J connectivity index is 0.000000461. The van der Waals surface area contributed by atoms with E-state index >= 15 is 0 Å². The van der Waals surface area contributed by atoms with Crippen LogP contribution in [0.3, 0.4) is 0 Å². The lowest BCUT2D eigenvalue weighted by Crippen LogP contribution is -2.56. The van der Waals surface area contributed by atoms with Gasteiger partial charge in [0.05, 0.1) is 12.6 Å². The van der Waals surface area contributed by atoms with Crippen molar-refractivity contribution in [1.29, 1.82) is 0 Å². The first-order valence-corrected chi connectivity index (χ1v) is 5.39. The molecule has 0 aliphatic carbocycles. The topological polar surface area (TPSA) is 32.8 Å². The zero-order valence-corrected chi connectivity index (χ0v) is 9.32. The predicted molar refractivity (Wildman–Crippen MR) is 55.3 cm³/mol. The first kappa shape index (κ1) is 11.3. The fourth-order valence-electron chi connectivity index (χ4n) is 1.86. The van der Waals surface area contributed by atoms with Crippen LogP contribution in [0.25, 0.3) is 0 Å². The van der Waals surface area contributed by atoms with Gasteiger partial charge in [-0.15, -0.1) is 0 Å². The molecule has 1 unspecified atom stereocenters. The second-order valence-corrected chi connectivity index (χ2v) is 3.51. The van der Waals surface area contributed by atoms with Crippen LogP contribution in [0.15, 0.2) is 0 Å². The van der Waals surface area contributed by atoms with Crippen LogP contribution < -0.4 is 0 Å². The van der Waals surface area contributed by atoms with Gasteiger partial charge in [-0.25, -0.2) is 4.79 Å². The van der Waals surface area contributed by atoms with E-state index in [-0.39, 0.29) is 6.09 Å². The molecule has 2 fully saturated rings. The number of likely N-dealkylation sites (N-methyl/N-ethyl adjacent to an activating group) is 1. The summed E-state index contributed by atoms with van der Waals surface area (Å²) in [5.41, 5.74) is 0. The van der Waals surface area contributed by atoms with Crippen LogP contribution >= 0.6 is 0 Å². The lowest BCUT2D eigenvalue weighted by molar-refractivity contribution is 0.0121. The van der Waals surface area contributed by atoms with Crippen molar-refractivity contribution < 1.29 is 9.53 Å². The summed E-state index contributed by atoms with van der Waals surface area (Å²) in [6.07, 6.45) is 0.857. The van der Waals surface area contributed by atoms with Crippen LogP contribution in [-0.4, -0.2) is 55.2 Å². The van der Waals surface area contributed by atoms with Gasteiger partial charge in [0.15, 0.2) is 0 Å². The summed E-state index contributed by atoms with van der Waals surface area (Å²) >= 11 is 0. The molecule has 2 aliphatic heterocycles. The molecule has 0 radical (unpaired) electrons. The molecule has 0 aromatic carbocycles. The minimum Gasteiger partial charge on any atom is -0.449 e. The van der Waals surface area contributed by atoms with Crippen molar-refractivity contribution in [2.45, 2.75) is 26.3 Å². The van der Waals surface area contributed by atoms with Gasteiger partial charge in [-0.3, -0.25) is 0 Å². The largest absolute Gasteiger partial charge is 0.449 e. The van der Waals surface area contributed by atoms with E-state index in [0.717, 1.165) is 26.1 Å². The number of carbonyl (C=O) groups excluding carboxylic acids is 1. The number of fused-ring (bicyclic) bond motifs is 1. The maximum absolute atomic E-state index is 11.2. The normalized spacial score (nSPS) is 27.2. The molecule has 0 bridgehead atoms. The molecule has 0 N–H and O–H groups in total. The number of carbonyl (C=O) groups is 1. The van der Waals surface area contributed by atoms with Gasteiger partial charge in [0.2, 0.25) is 0 Å². The van der Waals surface area contributed by atoms with E-state index in [0.29, 0.717) is 12.6 Å². The molecule has 82 valence electrons. The Bertz CT molecular complexity index is 197. The summed E-state index contributed by atoms with van der Waals surface area (Å²) in [6.45, 7) is 7.37. The third kappa shape index (κ3) is 2.38. The third-order valence-electron chi connectivity index (χ3n) is 2.60. The number of ether oxygens (including phenoxy) is 1. The molecule has 0 saturated carbocycles. The first-order valence-electron chi connectivity index (χ1n) is 5.39. The number of piperazine rings is 1. The van der Waals surface area contributed by atoms with Gasteiger partial charge in [-0.05, 0) is 7.05 Å². The Morgan fingerprint density at radius 3 is 2.79 bits per heavy atom. The fourth-order valence-corrected chi connectivity index (χ4v) is 1.86. The van der Waals surface area contributed by atoms with Gasteiger partial charge in [-0.2, -0.15) is 0 Å². The number of nitrogens with zero attached hydrogens (tertiary/aromatic N) is 2. The Morgan fingerprint density at radius 2 is 2.07 bits per heavy atom. The van der Waals surface area contributed by atoms with Gasteiger partial charge >= 0.3 is 6.09 Å². The Kier molecular flexibility index (Phi) is 4.20. The molecule has 14 heavy (non-hydrogen) atoms. The Morgan fingerprint density at radius 1 is 1.36 bits per heavy atom. The van der Waals surface area contributed by atoms with Crippen molar-refractivity contribution in [2.75, 3.05) is 33.3 Å². The van der Waals surface area contributed by atoms with E-state index in [1.165, 1.54) is 0 Å². The number of hydrogen-bond acceptors (Lipinski definition) is 3. The summed E-state index contributed by atoms with van der Waals surface area (Å²) in [5, 5.41) is 0. The summed E-state index contributed by atoms with van der Waals surface area (Å²) in [6, 6.07) is 0.394. The smallest absolute Gasteiger partial charge is 0.410 e. The summed E-state index contributed by atoms with van der Waals surface area (Å²) in [4.78, 5) is 15.3.